The number of hydrogen-bond donors (Lipinski definition) is 1. The minimum absolute atomic E-state index is 0.0108. The number of nitrogens with zero attached hydrogens (tertiary/aromatic N) is 2. The molecule has 0 aliphatic carbocycles. The fourth-order valence-electron chi connectivity index (χ4n) is 2.36. The van der Waals surface area contributed by atoms with Crippen LogP contribution in [0.4, 0.5) is 9.93 Å². The topological polar surface area (TPSA) is 71.5 Å². The van der Waals surface area contributed by atoms with Gasteiger partial charge in [-0.3, -0.25) is 4.79 Å². The van der Waals surface area contributed by atoms with Gasteiger partial charge in [0.05, 0.1) is 11.1 Å². The molecule has 1 aromatic carbocycles. The van der Waals surface area contributed by atoms with E-state index in [2.05, 4.69) is 10.3 Å². The van der Waals surface area contributed by atoms with Gasteiger partial charge in [0.2, 0.25) is 5.78 Å². The number of rotatable bonds is 7. The molecular weight excluding hydrogens is 362 g/mol. The zero-order valence-electron chi connectivity index (χ0n) is 16.5. The number of carbonyl (C=O) groups excluding carboxylic acids is 2. The Morgan fingerprint density at radius 3 is 2.63 bits per heavy atom. The lowest BCUT2D eigenvalue weighted by atomic mass is 10.0. The summed E-state index contributed by atoms with van der Waals surface area (Å²) >= 11 is 1.34. The monoisotopic (exact) mass is 389 g/mol. The van der Waals surface area contributed by atoms with Gasteiger partial charge < -0.3 is 15.0 Å². The number of ketones is 1. The fourth-order valence-corrected chi connectivity index (χ4v) is 3.16. The van der Waals surface area contributed by atoms with Crippen LogP contribution in [-0.2, 0) is 4.74 Å². The van der Waals surface area contributed by atoms with Crippen LogP contribution < -0.4 is 5.32 Å². The molecule has 0 aliphatic heterocycles. The van der Waals surface area contributed by atoms with Crippen LogP contribution in [0, 0.1) is 6.92 Å². The lowest BCUT2D eigenvalue weighted by Crippen LogP contribution is -2.35. The molecule has 0 saturated heterocycles. The second-order valence-corrected chi connectivity index (χ2v) is 8.39. The van der Waals surface area contributed by atoms with E-state index in [0.29, 0.717) is 28.7 Å². The summed E-state index contributed by atoms with van der Waals surface area (Å²) < 4.78 is 5.31. The lowest BCUT2D eigenvalue weighted by molar-refractivity contribution is 0.0298. The van der Waals surface area contributed by atoms with E-state index in [1.54, 1.807) is 18.1 Å². The molecule has 146 valence electrons. The molecule has 0 radical (unpaired) electrons. The number of nitrogens with one attached hydrogen (secondary N) is 1. The molecule has 7 heteroatoms. The van der Waals surface area contributed by atoms with Crippen molar-refractivity contribution in [3.05, 3.63) is 46.5 Å². The molecule has 0 bridgehead atoms. The van der Waals surface area contributed by atoms with Crippen LogP contribution in [0.1, 0.15) is 48.0 Å². The average Bonchev–Trinajstić information content (AvgIpc) is 3.05. The molecule has 6 nitrogen and oxygen atoms in total. The molecule has 1 N–H and O–H groups in total. The first-order valence-corrected chi connectivity index (χ1v) is 9.73. The molecule has 0 unspecified atom stereocenters. The Bertz CT molecular complexity index is 796. The zero-order valence-corrected chi connectivity index (χ0v) is 17.4. The van der Waals surface area contributed by atoms with Crippen LogP contribution in [0.2, 0.25) is 0 Å². The summed E-state index contributed by atoms with van der Waals surface area (Å²) in [5, 5.41) is 3.91. The highest BCUT2D eigenvalue weighted by atomic mass is 32.1. The maximum absolute atomic E-state index is 12.6. The Labute approximate surface area is 164 Å². The number of ether oxygens (including phenoxy) is 1. The Morgan fingerprint density at radius 2 is 1.96 bits per heavy atom. The SMILES string of the molecule is Cc1ccccc1C(=O)c1cnc(NCCCN(C)C(=O)OC(C)(C)C)s1. The summed E-state index contributed by atoms with van der Waals surface area (Å²) in [4.78, 5) is 30.9. The van der Waals surface area contributed by atoms with Crippen molar-refractivity contribution in [3.8, 4) is 0 Å². The third kappa shape index (κ3) is 6.36. The molecule has 1 aromatic heterocycles. The number of aryl methyl sites for hydroxylation is 1. The van der Waals surface area contributed by atoms with E-state index in [1.807, 2.05) is 52.0 Å². The summed E-state index contributed by atoms with van der Waals surface area (Å²) in [5.41, 5.74) is 1.16. The van der Waals surface area contributed by atoms with Gasteiger partial charge in [0, 0.05) is 25.7 Å². The number of benzene rings is 1. The highest BCUT2D eigenvalue weighted by Crippen LogP contribution is 2.22. The number of thiazole rings is 1. The number of amides is 1. The summed E-state index contributed by atoms with van der Waals surface area (Å²) in [6.45, 7) is 8.69. The Hall–Kier alpha value is -2.41. The smallest absolute Gasteiger partial charge is 0.410 e. The van der Waals surface area contributed by atoms with Crippen molar-refractivity contribution in [3.63, 3.8) is 0 Å². The van der Waals surface area contributed by atoms with E-state index < -0.39 is 5.60 Å². The van der Waals surface area contributed by atoms with Gasteiger partial charge in [0.15, 0.2) is 5.13 Å². The third-order valence-electron chi connectivity index (χ3n) is 3.77. The van der Waals surface area contributed by atoms with Crippen molar-refractivity contribution < 1.29 is 14.3 Å². The van der Waals surface area contributed by atoms with Gasteiger partial charge >= 0.3 is 6.09 Å². The van der Waals surface area contributed by atoms with Gasteiger partial charge in [-0.2, -0.15) is 0 Å². The summed E-state index contributed by atoms with van der Waals surface area (Å²) in [6, 6.07) is 7.53. The first kappa shape index (κ1) is 20.9. The minimum atomic E-state index is -0.496. The minimum Gasteiger partial charge on any atom is -0.444 e. The summed E-state index contributed by atoms with van der Waals surface area (Å²) in [5.74, 6) is -0.0108. The lowest BCUT2D eigenvalue weighted by Gasteiger charge is -2.24. The van der Waals surface area contributed by atoms with Gasteiger partial charge in [-0.15, -0.1) is 0 Å². The first-order valence-electron chi connectivity index (χ1n) is 8.91. The van der Waals surface area contributed by atoms with Crippen LogP contribution >= 0.6 is 11.3 Å². The van der Waals surface area contributed by atoms with E-state index >= 15 is 0 Å². The second-order valence-electron chi connectivity index (χ2n) is 7.36. The van der Waals surface area contributed by atoms with E-state index in [-0.39, 0.29) is 11.9 Å². The largest absolute Gasteiger partial charge is 0.444 e. The maximum Gasteiger partial charge on any atom is 0.410 e. The molecule has 1 amide bonds. The molecule has 1 heterocycles. The van der Waals surface area contributed by atoms with Crippen LogP contribution in [0.3, 0.4) is 0 Å². The number of anilines is 1. The zero-order chi connectivity index (χ0) is 20.0. The predicted molar refractivity (Wildman–Crippen MR) is 109 cm³/mol. The molecule has 0 atom stereocenters. The Kier molecular flexibility index (Phi) is 6.96. The number of aromatic nitrogens is 1. The molecule has 0 saturated carbocycles. The molecule has 27 heavy (non-hydrogen) atoms. The Morgan fingerprint density at radius 1 is 1.26 bits per heavy atom. The Balaban J connectivity index is 1.81. The van der Waals surface area contributed by atoms with Crippen molar-refractivity contribution >= 4 is 28.3 Å². The molecule has 2 rings (SSSR count). The van der Waals surface area contributed by atoms with E-state index in [9.17, 15) is 9.59 Å². The standard InChI is InChI=1S/C20H27N3O3S/c1-14-9-6-7-10-15(14)17(24)16-13-22-18(27-16)21-11-8-12-23(5)19(25)26-20(2,3)4/h6-7,9-10,13H,8,11-12H2,1-5H3,(H,21,22). The quantitative estimate of drug-likeness (QED) is 0.563. The van der Waals surface area contributed by atoms with Crippen molar-refractivity contribution in [2.75, 3.05) is 25.5 Å². The van der Waals surface area contributed by atoms with E-state index in [4.69, 9.17) is 4.74 Å². The second kappa shape index (κ2) is 8.99. The fraction of sp³-hybridized carbons (Fsp3) is 0.450. The number of carbonyl (C=O) groups is 2. The highest BCUT2D eigenvalue weighted by molar-refractivity contribution is 7.17. The number of hydrogen-bond acceptors (Lipinski definition) is 6. The van der Waals surface area contributed by atoms with Gasteiger partial charge in [-0.1, -0.05) is 35.6 Å². The van der Waals surface area contributed by atoms with Gasteiger partial charge in [-0.05, 0) is 39.7 Å². The predicted octanol–water partition coefficient (Wildman–Crippen LogP) is 4.35. The van der Waals surface area contributed by atoms with Crippen LogP contribution in [-0.4, -0.2) is 47.5 Å². The molecule has 0 fully saturated rings. The van der Waals surface area contributed by atoms with Gasteiger partial charge in [0.25, 0.3) is 0 Å². The van der Waals surface area contributed by atoms with Gasteiger partial charge in [-0.25, -0.2) is 9.78 Å². The summed E-state index contributed by atoms with van der Waals surface area (Å²) in [7, 11) is 1.72. The molecule has 0 spiro atoms. The maximum atomic E-state index is 12.6. The molecule has 2 aromatic rings. The molecular formula is C20H27N3O3S. The van der Waals surface area contributed by atoms with Crippen molar-refractivity contribution in [2.45, 2.75) is 39.7 Å². The van der Waals surface area contributed by atoms with Crippen molar-refractivity contribution in [1.29, 1.82) is 0 Å². The normalized spacial score (nSPS) is 11.1. The molecule has 0 aliphatic rings. The summed E-state index contributed by atoms with van der Waals surface area (Å²) in [6.07, 6.45) is 2.02. The van der Waals surface area contributed by atoms with Gasteiger partial charge in [0.1, 0.15) is 5.60 Å². The highest BCUT2D eigenvalue weighted by Gasteiger charge is 2.19. The third-order valence-corrected chi connectivity index (χ3v) is 4.72. The van der Waals surface area contributed by atoms with E-state index in [1.165, 1.54) is 11.3 Å². The first-order chi connectivity index (χ1) is 12.7. The van der Waals surface area contributed by atoms with E-state index in [0.717, 1.165) is 12.0 Å². The van der Waals surface area contributed by atoms with Crippen molar-refractivity contribution in [2.24, 2.45) is 0 Å². The van der Waals surface area contributed by atoms with Crippen LogP contribution in [0.25, 0.3) is 0 Å². The van der Waals surface area contributed by atoms with Crippen LogP contribution in [0.5, 0.6) is 0 Å². The van der Waals surface area contributed by atoms with Crippen molar-refractivity contribution in [1.82, 2.24) is 9.88 Å². The van der Waals surface area contributed by atoms with Crippen LogP contribution in [0.15, 0.2) is 30.5 Å². The average molecular weight is 390 g/mol.